The Bertz CT molecular complexity index is 918. The average Bonchev–Trinajstić information content (AvgIpc) is 3.29. The maximum atomic E-state index is 15.2. The number of anilines is 1. The number of nitrogens with zero attached hydrogens (tertiary/aromatic N) is 3. The second kappa shape index (κ2) is 5.04. The monoisotopic (exact) mass is 337 g/mol. The second-order valence-corrected chi connectivity index (χ2v) is 6.48. The molecule has 0 radical (unpaired) electrons. The molecule has 1 unspecified atom stereocenters. The molecule has 7 nitrogen and oxygen atoms in total. The molecule has 4 rings (SSSR count). The van der Waals surface area contributed by atoms with Crippen molar-refractivity contribution in [3.63, 3.8) is 0 Å². The van der Waals surface area contributed by atoms with Crippen molar-refractivity contribution in [2.75, 3.05) is 23.8 Å². The molecule has 0 aromatic rings. The van der Waals surface area contributed by atoms with Gasteiger partial charge < -0.3 is 16.5 Å². The van der Waals surface area contributed by atoms with Crippen LogP contribution >= 0.6 is 0 Å². The zero-order valence-electron chi connectivity index (χ0n) is 12.8. The normalized spacial score (nSPS) is 21.0. The van der Waals surface area contributed by atoms with Gasteiger partial charge in [0.15, 0.2) is 11.6 Å². The second-order valence-electron chi connectivity index (χ2n) is 6.48. The van der Waals surface area contributed by atoms with Crippen molar-refractivity contribution >= 4 is 5.69 Å². The molecule has 0 bridgehead atoms. The molecule has 0 amide bonds. The van der Waals surface area contributed by atoms with E-state index in [9.17, 15) is 14.0 Å². The van der Waals surface area contributed by atoms with E-state index >= 15 is 4.39 Å². The lowest BCUT2D eigenvalue weighted by Gasteiger charge is -2.23. The number of nitrogen functional groups attached to an aromatic ring is 1. The van der Waals surface area contributed by atoms with E-state index in [1.165, 1.54) is 9.47 Å². The molecule has 9 heteroatoms. The van der Waals surface area contributed by atoms with Gasteiger partial charge in [0.25, 0.3) is 0 Å². The SMILES string of the molecule is NC1CCN(c2c(F)c3n(C4CC4)c(=O)n(N)cc-3c(=O)c2F)C1. The summed E-state index contributed by atoms with van der Waals surface area (Å²) in [4.78, 5) is 26.1. The molecule has 4 N–H and O–H groups in total. The molecule has 24 heavy (non-hydrogen) atoms. The van der Waals surface area contributed by atoms with Gasteiger partial charge in [-0.3, -0.25) is 9.36 Å². The molecule has 0 spiro atoms. The smallest absolute Gasteiger partial charge is 0.347 e. The van der Waals surface area contributed by atoms with Crippen LogP contribution in [0.5, 0.6) is 0 Å². The standard InChI is InChI=1S/C15H17F2N5O2/c16-10-12-9(6-21(19)15(24)22(12)8-1-2-8)14(23)11(17)13(10)20-4-3-7(18)5-20/h6-8H,1-5,18-19H2. The average molecular weight is 337 g/mol. The van der Waals surface area contributed by atoms with Crippen LogP contribution in [-0.4, -0.2) is 28.4 Å². The lowest BCUT2D eigenvalue weighted by atomic mass is 10.1. The van der Waals surface area contributed by atoms with Crippen LogP contribution in [-0.2, 0) is 0 Å². The molecule has 0 aromatic heterocycles. The third-order valence-electron chi connectivity index (χ3n) is 4.71. The number of hydrogen-bond acceptors (Lipinski definition) is 5. The summed E-state index contributed by atoms with van der Waals surface area (Å²) in [5.74, 6) is 3.50. The van der Waals surface area contributed by atoms with Gasteiger partial charge in [-0.15, -0.1) is 0 Å². The maximum Gasteiger partial charge on any atom is 0.347 e. The van der Waals surface area contributed by atoms with E-state index in [4.69, 9.17) is 11.6 Å². The molecule has 1 atom stereocenters. The van der Waals surface area contributed by atoms with Crippen LogP contribution in [0.15, 0.2) is 15.8 Å². The first-order valence-corrected chi connectivity index (χ1v) is 7.84. The summed E-state index contributed by atoms with van der Waals surface area (Å²) in [6.07, 6.45) is 2.95. The van der Waals surface area contributed by atoms with Crippen molar-refractivity contribution in [2.24, 2.45) is 5.73 Å². The third-order valence-corrected chi connectivity index (χ3v) is 4.71. The quantitative estimate of drug-likeness (QED) is 0.750. The van der Waals surface area contributed by atoms with Gasteiger partial charge in [0, 0.05) is 31.4 Å². The number of halogens is 2. The summed E-state index contributed by atoms with van der Waals surface area (Å²) in [7, 11) is 0. The number of hydrogen-bond donors (Lipinski definition) is 2. The van der Waals surface area contributed by atoms with E-state index in [-0.39, 0.29) is 29.9 Å². The Balaban J connectivity index is 2.07. The molecule has 4 aliphatic rings. The molecule has 2 fully saturated rings. The Kier molecular flexibility index (Phi) is 3.17. The maximum absolute atomic E-state index is 15.2. The topological polar surface area (TPSA) is 99.3 Å². The Morgan fingerprint density at radius 2 is 1.83 bits per heavy atom. The summed E-state index contributed by atoms with van der Waals surface area (Å²) in [5.41, 5.74) is 3.41. The van der Waals surface area contributed by atoms with Crippen LogP contribution in [0.2, 0.25) is 0 Å². The first-order chi connectivity index (χ1) is 11.4. The number of aromatic nitrogens is 2. The minimum Gasteiger partial charge on any atom is -0.365 e. The largest absolute Gasteiger partial charge is 0.365 e. The van der Waals surface area contributed by atoms with Gasteiger partial charge in [-0.25, -0.2) is 18.3 Å². The molecular weight excluding hydrogens is 320 g/mol. The predicted molar refractivity (Wildman–Crippen MR) is 84.7 cm³/mol. The fraction of sp³-hybridized carbons (Fsp3) is 0.467. The van der Waals surface area contributed by atoms with E-state index < -0.39 is 28.4 Å². The highest BCUT2D eigenvalue weighted by molar-refractivity contribution is 5.70. The highest BCUT2D eigenvalue weighted by Gasteiger charge is 2.36. The molecular formula is C15H17F2N5O2. The Hall–Kier alpha value is -2.42. The molecule has 1 saturated carbocycles. The summed E-state index contributed by atoms with van der Waals surface area (Å²) in [6, 6.07) is -0.425. The van der Waals surface area contributed by atoms with E-state index in [0.29, 0.717) is 30.5 Å². The lowest BCUT2D eigenvalue weighted by Crippen LogP contribution is -2.39. The summed E-state index contributed by atoms with van der Waals surface area (Å²) in [6.45, 7) is 0.619. The van der Waals surface area contributed by atoms with Crippen LogP contribution in [0, 0.1) is 11.6 Å². The molecule has 1 saturated heterocycles. The van der Waals surface area contributed by atoms with Crippen LogP contribution in [0.4, 0.5) is 14.5 Å². The van der Waals surface area contributed by atoms with Gasteiger partial charge in [-0.1, -0.05) is 0 Å². The highest BCUT2D eigenvalue weighted by Crippen LogP contribution is 2.40. The van der Waals surface area contributed by atoms with Gasteiger partial charge in [-0.2, -0.15) is 0 Å². The third kappa shape index (κ3) is 2.04. The molecule has 2 aliphatic carbocycles. The van der Waals surface area contributed by atoms with Gasteiger partial charge in [0.05, 0.1) is 11.3 Å². The fourth-order valence-corrected chi connectivity index (χ4v) is 3.37. The first kappa shape index (κ1) is 15.1. The number of benzene rings is 1. The molecule has 0 aromatic carbocycles. The van der Waals surface area contributed by atoms with Crippen molar-refractivity contribution < 1.29 is 8.78 Å². The molecule has 2 aliphatic heterocycles. The zero-order chi connectivity index (χ0) is 17.2. The van der Waals surface area contributed by atoms with Crippen molar-refractivity contribution in [3.05, 3.63) is 38.5 Å². The van der Waals surface area contributed by atoms with Gasteiger partial charge in [-0.05, 0) is 19.3 Å². The van der Waals surface area contributed by atoms with Gasteiger partial charge in [0.2, 0.25) is 5.43 Å². The van der Waals surface area contributed by atoms with Crippen molar-refractivity contribution in [3.8, 4) is 11.3 Å². The van der Waals surface area contributed by atoms with Crippen LogP contribution in [0.25, 0.3) is 11.3 Å². The highest BCUT2D eigenvalue weighted by atomic mass is 19.1. The Morgan fingerprint density at radius 1 is 1.12 bits per heavy atom. The minimum atomic E-state index is -1.17. The van der Waals surface area contributed by atoms with Crippen LogP contribution in [0.1, 0.15) is 25.3 Å². The summed E-state index contributed by atoms with van der Waals surface area (Å²) < 4.78 is 31.6. The number of rotatable bonds is 2. The molecule has 128 valence electrons. The summed E-state index contributed by atoms with van der Waals surface area (Å²) in [5, 5.41) is 0. The van der Waals surface area contributed by atoms with Gasteiger partial charge >= 0.3 is 5.69 Å². The van der Waals surface area contributed by atoms with E-state index in [1.54, 1.807) is 0 Å². The Labute approximate surface area is 135 Å². The van der Waals surface area contributed by atoms with Crippen LogP contribution < -0.4 is 27.6 Å². The lowest BCUT2D eigenvalue weighted by molar-refractivity contribution is 0.549. The first-order valence-electron chi connectivity index (χ1n) is 7.84. The van der Waals surface area contributed by atoms with E-state index in [0.717, 1.165) is 6.20 Å². The number of nitrogens with two attached hydrogens (primary N) is 2. The van der Waals surface area contributed by atoms with Crippen molar-refractivity contribution in [2.45, 2.75) is 31.3 Å². The zero-order valence-corrected chi connectivity index (χ0v) is 12.8. The minimum absolute atomic E-state index is 0.175. The predicted octanol–water partition coefficient (Wildman–Crippen LogP) is -0.0209. The van der Waals surface area contributed by atoms with Crippen molar-refractivity contribution in [1.29, 1.82) is 0 Å². The van der Waals surface area contributed by atoms with Crippen LogP contribution in [0.3, 0.4) is 0 Å². The van der Waals surface area contributed by atoms with Crippen molar-refractivity contribution in [1.82, 2.24) is 9.24 Å². The van der Waals surface area contributed by atoms with Gasteiger partial charge in [0.1, 0.15) is 5.69 Å². The Morgan fingerprint density at radius 3 is 2.42 bits per heavy atom. The molecule has 2 heterocycles. The van der Waals surface area contributed by atoms with E-state index in [2.05, 4.69) is 0 Å². The summed E-state index contributed by atoms with van der Waals surface area (Å²) >= 11 is 0. The van der Waals surface area contributed by atoms with E-state index in [1.807, 2.05) is 0 Å². The number of fused-ring (bicyclic) bond motifs is 1. The fourth-order valence-electron chi connectivity index (χ4n) is 3.37.